The van der Waals surface area contributed by atoms with Crippen molar-refractivity contribution < 1.29 is 23.5 Å². The number of oxime groups is 1. The van der Waals surface area contributed by atoms with Crippen molar-refractivity contribution in [3.8, 4) is 0 Å². The van der Waals surface area contributed by atoms with Gasteiger partial charge in [0.1, 0.15) is 12.0 Å². The number of nitrogens with one attached hydrogen (secondary N) is 1. The molecule has 0 saturated heterocycles. The van der Waals surface area contributed by atoms with Crippen molar-refractivity contribution in [2.24, 2.45) is 16.3 Å². The third-order valence-electron chi connectivity index (χ3n) is 2.66. The van der Waals surface area contributed by atoms with E-state index in [4.69, 9.17) is 10.9 Å². The Morgan fingerprint density at radius 3 is 2.67 bits per heavy atom. The largest absolute Gasteiger partial charge is 0.409 e. The molecule has 18 heavy (non-hydrogen) atoms. The van der Waals surface area contributed by atoms with Gasteiger partial charge in [0.2, 0.25) is 5.91 Å². The number of amidine groups is 1. The van der Waals surface area contributed by atoms with Gasteiger partial charge in [-0.3, -0.25) is 4.79 Å². The molecule has 0 rings (SSSR count). The number of carbonyl (C=O) groups excluding carboxylic acids is 1. The van der Waals surface area contributed by atoms with Gasteiger partial charge in [0.05, 0.1) is 6.61 Å². The monoisotopic (exact) mass is 267 g/mol. The molecule has 0 bridgehead atoms. The zero-order valence-corrected chi connectivity index (χ0v) is 10.4. The summed E-state index contributed by atoms with van der Waals surface area (Å²) in [6.07, 6.45) is -2.19. The van der Waals surface area contributed by atoms with Crippen LogP contribution in [0.4, 0.5) is 8.78 Å². The summed E-state index contributed by atoms with van der Waals surface area (Å²) in [5.41, 5.74) is 4.31. The van der Waals surface area contributed by atoms with Gasteiger partial charge in [-0.05, 0) is 13.3 Å². The molecule has 6 nitrogen and oxygen atoms in total. The Bertz CT molecular complexity index is 300. The van der Waals surface area contributed by atoms with E-state index in [1.165, 1.54) is 6.92 Å². The molecule has 0 aliphatic carbocycles. The highest BCUT2D eigenvalue weighted by Crippen LogP contribution is 2.21. The van der Waals surface area contributed by atoms with Crippen LogP contribution in [0.25, 0.3) is 0 Å². The number of amides is 1. The van der Waals surface area contributed by atoms with Gasteiger partial charge in [0.25, 0.3) is 6.43 Å². The molecule has 4 N–H and O–H groups in total. The second-order valence-corrected chi connectivity index (χ2v) is 3.89. The van der Waals surface area contributed by atoms with Crippen LogP contribution in [-0.2, 0) is 9.53 Å². The lowest BCUT2D eigenvalue weighted by molar-refractivity contribution is -0.127. The van der Waals surface area contributed by atoms with Gasteiger partial charge in [-0.25, -0.2) is 8.78 Å². The van der Waals surface area contributed by atoms with Gasteiger partial charge in [0.15, 0.2) is 5.84 Å². The topological polar surface area (TPSA) is 96.9 Å². The quantitative estimate of drug-likeness (QED) is 0.197. The zero-order chi connectivity index (χ0) is 14.2. The van der Waals surface area contributed by atoms with Crippen LogP contribution < -0.4 is 11.1 Å². The van der Waals surface area contributed by atoms with Crippen molar-refractivity contribution in [2.45, 2.75) is 26.7 Å². The van der Waals surface area contributed by atoms with E-state index in [2.05, 4.69) is 15.2 Å². The van der Waals surface area contributed by atoms with E-state index in [9.17, 15) is 13.6 Å². The second kappa shape index (κ2) is 7.80. The predicted octanol–water partition coefficient (Wildman–Crippen LogP) is 0.547. The maximum atomic E-state index is 11.8. The lowest BCUT2D eigenvalue weighted by atomic mass is 9.85. The summed E-state index contributed by atoms with van der Waals surface area (Å²) >= 11 is 0. The Morgan fingerprint density at radius 2 is 2.22 bits per heavy atom. The fraction of sp³-hybridized carbons (Fsp3) is 0.800. The van der Waals surface area contributed by atoms with E-state index in [1.807, 2.05) is 0 Å². The molecule has 0 aromatic carbocycles. The lowest BCUT2D eigenvalue weighted by Gasteiger charge is -2.25. The van der Waals surface area contributed by atoms with E-state index in [0.717, 1.165) is 0 Å². The van der Waals surface area contributed by atoms with Crippen LogP contribution in [0, 0.1) is 5.41 Å². The number of nitrogens with two attached hydrogens (primary N) is 1. The fourth-order valence-electron chi connectivity index (χ4n) is 1.17. The number of nitrogens with zero attached hydrogens (tertiary/aromatic N) is 1. The highest BCUT2D eigenvalue weighted by molar-refractivity contribution is 6.06. The van der Waals surface area contributed by atoms with Crippen LogP contribution in [0.3, 0.4) is 0 Å². The summed E-state index contributed by atoms with van der Waals surface area (Å²) in [4.78, 5) is 11.8. The molecule has 0 radical (unpaired) electrons. The summed E-state index contributed by atoms with van der Waals surface area (Å²) in [6.45, 7) is 2.63. The van der Waals surface area contributed by atoms with Gasteiger partial charge in [-0.1, -0.05) is 12.1 Å². The lowest BCUT2D eigenvalue weighted by Crippen LogP contribution is -2.48. The first kappa shape index (κ1) is 16.6. The minimum absolute atomic E-state index is 0.0218. The number of halogens is 2. The third-order valence-corrected chi connectivity index (χ3v) is 2.66. The summed E-state index contributed by atoms with van der Waals surface area (Å²) in [5, 5.41) is 13.9. The van der Waals surface area contributed by atoms with Crippen LogP contribution in [0.2, 0.25) is 0 Å². The first-order chi connectivity index (χ1) is 8.38. The minimum Gasteiger partial charge on any atom is -0.409 e. The van der Waals surface area contributed by atoms with Crippen LogP contribution in [-0.4, -0.2) is 43.1 Å². The van der Waals surface area contributed by atoms with E-state index in [-0.39, 0.29) is 19.0 Å². The Hall–Kier alpha value is -1.44. The van der Waals surface area contributed by atoms with Crippen molar-refractivity contribution in [3.05, 3.63) is 0 Å². The van der Waals surface area contributed by atoms with Crippen LogP contribution in [0.15, 0.2) is 5.16 Å². The Balaban J connectivity index is 4.15. The Labute approximate surface area is 104 Å². The molecule has 1 amide bonds. The molecule has 0 aliphatic heterocycles. The Morgan fingerprint density at radius 1 is 1.61 bits per heavy atom. The van der Waals surface area contributed by atoms with Crippen molar-refractivity contribution in [1.82, 2.24) is 5.32 Å². The predicted molar refractivity (Wildman–Crippen MR) is 61.6 cm³/mol. The number of hydrogen-bond donors (Lipinski definition) is 3. The van der Waals surface area contributed by atoms with Crippen LogP contribution >= 0.6 is 0 Å². The third kappa shape index (κ3) is 4.82. The number of ether oxygens (including phenoxy) is 1. The average molecular weight is 267 g/mol. The maximum absolute atomic E-state index is 11.8. The summed E-state index contributed by atoms with van der Waals surface area (Å²) in [6, 6.07) is 0. The smallest absolute Gasteiger partial charge is 0.261 e. The van der Waals surface area contributed by atoms with Gasteiger partial charge < -0.3 is 21.0 Å². The van der Waals surface area contributed by atoms with Gasteiger partial charge in [-0.15, -0.1) is 0 Å². The highest BCUT2D eigenvalue weighted by Gasteiger charge is 2.36. The molecule has 0 fully saturated rings. The maximum Gasteiger partial charge on any atom is 0.261 e. The van der Waals surface area contributed by atoms with Crippen molar-refractivity contribution in [2.75, 3.05) is 19.8 Å². The summed E-state index contributed by atoms with van der Waals surface area (Å²) < 4.78 is 28.1. The van der Waals surface area contributed by atoms with E-state index < -0.39 is 24.4 Å². The molecule has 0 saturated carbocycles. The molecule has 1 unspecified atom stereocenters. The number of hydrogen-bond acceptors (Lipinski definition) is 4. The molecule has 0 aliphatic rings. The SMILES string of the molecule is CCC(C)(C(=O)NCCOCC(F)F)C(N)=NO. The van der Waals surface area contributed by atoms with Gasteiger partial charge >= 0.3 is 0 Å². The van der Waals surface area contributed by atoms with E-state index in [1.54, 1.807) is 6.92 Å². The highest BCUT2D eigenvalue weighted by atomic mass is 19.3. The van der Waals surface area contributed by atoms with Gasteiger partial charge in [0, 0.05) is 6.54 Å². The van der Waals surface area contributed by atoms with Crippen LogP contribution in [0.1, 0.15) is 20.3 Å². The second-order valence-electron chi connectivity index (χ2n) is 3.89. The standard InChI is InChI=1S/C10H19F2N3O3/c1-3-10(2,8(13)15-17)9(16)14-4-5-18-6-7(11)12/h7,17H,3-6H2,1-2H3,(H2,13,15)(H,14,16). The minimum atomic E-state index is -2.53. The number of rotatable bonds is 8. The van der Waals surface area contributed by atoms with Crippen molar-refractivity contribution >= 4 is 11.7 Å². The molecule has 8 heteroatoms. The van der Waals surface area contributed by atoms with Crippen molar-refractivity contribution in [1.29, 1.82) is 0 Å². The van der Waals surface area contributed by atoms with Gasteiger partial charge in [-0.2, -0.15) is 0 Å². The van der Waals surface area contributed by atoms with E-state index >= 15 is 0 Å². The molecule has 1 atom stereocenters. The summed E-state index contributed by atoms with van der Waals surface area (Å²) in [7, 11) is 0. The molecule has 0 aromatic rings. The normalized spacial score (nSPS) is 15.5. The molecule has 0 aromatic heterocycles. The first-order valence-electron chi connectivity index (χ1n) is 5.50. The molecular weight excluding hydrogens is 248 g/mol. The van der Waals surface area contributed by atoms with Crippen molar-refractivity contribution in [3.63, 3.8) is 0 Å². The molecule has 0 spiro atoms. The van der Waals surface area contributed by atoms with Crippen LogP contribution in [0.5, 0.6) is 0 Å². The zero-order valence-electron chi connectivity index (χ0n) is 10.4. The molecule has 0 heterocycles. The average Bonchev–Trinajstić information content (AvgIpc) is 2.35. The number of carbonyl (C=O) groups is 1. The first-order valence-corrected chi connectivity index (χ1v) is 5.50. The van der Waals surface area contributed by atoms with E-state index in [0.29, 0.717) is 6.42 Å². The fourth-order valence-corrected chi connectivity index (χ4v) is 1.17. The molecular formula is C10H19F2N3O3. The summed E-state index contributed by atoms with van der Waals surface area (Å²) in [5.74, 6) is -0.642. The Kier molecular flexibility index (Phi) is 7.18. The number of alkyl halides is 2. The molecule has 106 valence electrons.